The molecule has 0 fully saturated rings. The number of esters is 1. The van der Waals surface area contributed by atoms with Crippen molar-refractivity contribution in [2.75, 3.05) is 0 Å². The minimum absolute atomic E-state index is 0.227. The third kappa shape index (κ3) is 3.88. The van der Waals surface area contributed by atoms with Crippen LogP contribution in [0.3, 0.4) is 0 Å². The zero-order chi connectivity index (χ0) is 21.4. The summed E-state index contributed by atoms with van der Waals surface area (Å²) in [4.78, 5) is 22.9. The molecule has 3 heterocycles. The highest BCUT2D eigenvalue weighted by atomic mass is 32.1. The second-order valence-electron chi connectivity index (χ2n) is 7.98. The van der Waals surface area contributed by atoms with Crippen LogP contribution in [0.5, 0.6) is 0 Å². The van der Waals surface area contributed by atoms with Crippen LogP contribution in [-0.2, 0) is 41.9 Å². The Kier molecular flexibility index (Phi) is 5.32. The van der Waals surface area contributed by atoms with Gasteiger partial charge in [0, 0.05) is 23.4 Å². The number of nitrogens with zero attached hydrogens (tertiary/aromatic N) is 3. The summed E-state index contributed by atoms with van der Waals surface area (Å²) in [5.41, 5.74) is 6.44. The molecule has 2 aromatic heterocycles. The molecule has 0 atom stereocenters. The summed E-state index contributed by atoms with van der Waals surface area (Å²) >= 11 is 1.58. The van der Waals surface area contributed by atoms with Crippen molar-refractivity contribution in [1.29, 1.82) is 0 Å². The minimum Gasteiger partial charge on any atom is -0.461 e. The first-order valence-electron chi connectivity index (χ1n) is 10.8. The van der Waals surface area contributed by atoms with Crippen LogP contribution in [0.1, 0.15) is 40.9 Å². The summed E-state index contributed by atoms with van der Waals surface area (Å²) < 4.78 is 7.86. The fourth-order valence-electron chi connectivity index (χ4n) is 4.24. The molecule has 5 rings (SSSR count). The van der Waals surface area contributed by atoms with Crippen molar-refractivity contribution in [2.45, 2.75) is 52.7 Å². The average Bonchev–Trinajstić information content (AvgIpc) is 3.47. The Bertz CT molecular complexity index is 1270. The van der Waals surface area contributed by atoms with Crippen molar-refractivity contribution >= 4 is 28.3 Å². The lowest BCUT2D eigenvalue weighted by Gasteiger charge is -2.05. The summed E-state index contributed by atoms with van der Waals surface area (Å²) in [7, 11) is 0. The van der Waals surface area contributed by atoms with Gasteiger partial charge in [-0.1, -0.05) is 37.3 Å². The van der Waals surface area contributed by atoms with Crippen LogP contribution in [0.15, 0.2) is 42.5 Å². The monoisotopic (exact) mass is 431 g/mol. The van der Waals surface area contributed by atoms with E-state index in [0.717, 1.165) is 57.4 Å². The Morgan fingerprint density at radius 2 is 2.06 bits per heavy atom. The van der Waals surface area contributed by atoms with Crippen LogP contribution in [0, 0.1) is 6.92 Å². The Hall–Kier alpha value is -2.99. The Labute approximate surface area is 185 Å². The highest BCUT2D eigenvalue weighted by Crippen LogP contribution is 2.31. The lowest BCUT2D eigenvalue weighted by atomic mass is 10.1. The van der Waals surface area contributed by atoms with Gasteiger partial charge in [0.05, 0.1) is 23.1 Å². The maximum absolute atomic E-state index is 12.5. The molecular formula is C25H25N3O2S. The molecule has 0 N–H and O–H groups in total. The molecule has 5 nitrogen and oxygen atoms in total. The van der Waals surface area contributed by atoms with Crippen molar-refractivity contribution in [3.8, 4) is 10.6 Å². The van der Waals surface area contributed by atoms with Crippen LogP contribution in [0.4, 0.5) is 0 Å². The van der Waals surface area contributed by atoms with Crippen molar-refractivity contribution < 1.29 is 9.53 Å². The van der Waals surface area contributed by atoms with E-state index in [9.17, 15) is 4.79 Å². The van der Waals surface area contributed by atoms with Crippen molar-refractivity contribution in [3.63, 3.8) is 0 Å². The number of ether oxygens (including phenoxy) is 1. The highest BCUT2D eigenvalue weighted by Gasteiger charge is 2.17. The van der Waals surface area contributed by atoms with Crippen LogP contribution >= 0.6 is 11.3 Å². The SMILES string of the molecule is CCc1ccccc1-c1nc(C)c(CC(=O)OCc2ccc3c(c2)nc2n3CCC2)s1. The van der Waals surface area contributed by atoms with Gasteiger partial charge < -0.3 is 9.30 Å². The van der Waals surface area contributed by atoms with E-state index in [-0.39, 0.29) is 19.0 Å². The summed E-state index contributed by atoms with van der Waals surface area (Å²) in [6.45, 7) is 5.41. The lowest BCUT2D eigenvalue weighted by Crippen LogP contribution is -2.07. The van der Waals surface area contributed by atoms with E-state index in [1.165, 1.54) is 17.5 Å². The number of aromatic nitrogens is 3. The molecular weight excluding hydrogens is 406 g/mol. The van der Waals surface area contributed by atoms with Gasteiger partial charge in [0.25, 0.3) is 0 Å². The standard InChI is InChI=1S/C25H25N3O2S/c1-3-18-7-4-5-8-19(18)25-26-16(2)22(31-25)14-24(29)30-15-17-10-11-21-20(13-17)27-23-9-6-12-28(21)23/h4-5,7-8,10-11,13H,3,6,9,12,14-15H2,1-2H3. The molecule has 1 aliphatic rings. The van der Waals surface area contributed by atoms with Gasteiger partial charge in [0.1, 0.15) is 17.4 Å². The number of carbonyl (C=O) groups is 1. The first-order chi connectivity index (χ1) is 15.1. The van der Waals surface area contributed by atoms with Gasteiger partial charge >= 0.3 is 5.97 Å². The Balaban J connectivity index is 1.26. The molecule has 0 saturated carbocycles. The quantitative estimate of drug-likeness (QED) is 0.391. The van der Waals surface area contributed by atoms with Gasteiger partial charge in [-0.3, -0.25) is 4.79 Å². The van der Waals surface area contributed by atoms with Crippen molar-refractivity contribution in [2.24, 2.45) is 0 Å². The average molecular weight is 432 g/mol. The number of thiazole rings is 1. The first kappa shape index (κ1) is 19.9. The van der Waals surface area contributed by atoms with Gasteiger partial charge in [-0.05, 0) is 43.0 Å². The second kappa shape index (κ2) is 8.27. The van der Waals surface area contributed by atoms with E-state index in [0.29, 0.717) is 0 Å². The third-order valence-electron chi connectivity index (χ3n) is 5.90. The number of hydrogen-bond acceptors (Lipinski definition) is 5. The summed E-state index contributed by atoms with van der Waals surface area (Å²) in [5.74, 6) is 0.930. The molecule has 2 aromatic carbocycles. The molecule has 158 valence electrons. The molecule has 0 aliphatic carbocycles. The first-order valence-corrected chi connectivity index (χ1v) is 11.6. The maximum Gasteiger partial charge on any atom is 0.311 e. The molecule has 4 aromatic rings. The van der Waals surface area contributed by atoms with Crippen LogP contribution in [-0.4, -0.2) is 20.5 Å². The van der Waals surface area contributed by atoms with E-state index in [1.807, 2.05) is 25.1 Å². The largest absolute Gasteiger partial charge is 0.461 e. The molecule has 0 bridgehead atoms. The highest BCUT2D eigenvalue weighted by molar-refractivity contribution is 7.15. The normalized spacial score (nSPS) is 13.0. The zero-order valence-corrected chi connectivity index (χ0v) is 18.7. The number of fused-ring (bicyclic) bond motifs is 3. The van der Waals surface area contributed by atoms with Crippen LogP contribution in [0.25, 0.3) is 21.6 Å². The van der Waals surface area contributed by atoms with Gasteiger partial charge in [-0.25, -0.2) is 9.97 Å². The molecule has 31 heavy (non-hydrogen) atoms. The van der Waals surface area contributed by atoms with Crippen molar-refractivity contribution in [3.05, 3.63) is 70.0 Å². The summed E-state index contributed by atoms with van der Waals surface area (Å²) in [6, 6.07) is 14.5. The lowest BCUT2D eigenvalue weighted by molar-refractivity contribution is -0.144. The fourth-order valence-corrected chi connectivity index (χ4v) is 5.35. The summed E-state index contributed by atoms with van der Waals surface area (Å²) in [5, 5.41) is 0.969. The fraction of sp³-hybridized carbons (Fsp3) is 0.320. The minimum atomic E-state index is -0.227. The zero-order valence-electron chi connectivity index (χ0n) is 17.9. The number of aryl methyl sites for hydroxylation is 4. The van der Waals surface area contributed by atoms with E-state index >= 15 is 0 Å². The van der Waals surface area contributed by atoms with Gasteiger partial charge in [-0.15, -0.1) is 11.3 Å². The van der Waals surface area contributed by atoms with E-state index in [4.69, 9.17) is 14.7 Å². The number of rotatable bonds is 6. The van der Waals surface area contributed by atoms with Gasteiger partial charge in [0.15, 0.2) is 0 Å². The molecule has 0 unspecified atom stereocenters. The predicted octanol–water partition coefficient (Wildman–Crippen LogP) is 5.26. The number of hydrogen-bond donors (Lipinski definition) is 0. The summed E-state index contributed by atoms with van der Waals surface area (Å²) in [6.07, 6.45) is 3.41. The number of imidazole rings is 1. The van der Waals surface area contributed by atoms with Crippen molar-refractivity contribution in [1.82, 2.24) is 14.5 Å². The molecule has 0 spiro atoms. The third-order valence-corrected chi connectivity index (χ3v) is 7.09. The smallest absolute Gasteiger partial charge is 0.311 e. The van der Waals surface area contributed by atoms with E-state index in [1.54, 1.807) is 11.3 Å². The number of carbonyl (C=O) groups excluding carboxylic acids is 1. The second-order valence-corrected chi connectivity index (χ2v) is 9.07. The topological polar surface area (TPSA) is 57.0 Å². The molecule has 6 heteroatoms. The van der Waals surface area contributed by atoms with Crippen LogP contribution in [0.2, 0.25) is 0 Å². The number of benzene rings is 2. The molecule has 0 radical (unpaired) electrons. The van der Waals surface area contributed by atoms with Gasteiger partial charge in [0.2, 0.25) is 0 Å². The molecule has 0 saturated heterocycles. The Morgan fingerprint density at radius 1 is 1.19 bits per heavy atom. The Morgan fingerprint density at radius 3 is 2.94 bits per heavy atom. The molecule has 0 amide bonds. The van der Waals surface area contributed by atoms with E-state index < -0.39 is 0 Å². The maximum atomic E-state index is 12.5. The predicted molar refractivity (Wildman–Crippen MR) is 123 cm³/mol. The van der Waals surface area contributed by atoms with Crippen LogP contribution < -0.4 is 0 Å². The molecule has 1 aliphatic heterocycles. The van der Waals surface area contributed by atoms with Gasteiger partial charge in [-0.2, -0.15) is 0 Å². The van der Waals surface area contributed by atoms with E-state index in [2.05, 4.69) is 35.8 Å².